The summed E-state index contributed by atoms with van der Waals surface area (Å²) in [6.45, 7) is 0.466. The third-order valence-corrected chi connectivity index (χ3v) is 4.26. The van der Waals surface area contributed by atoms with Crippen LogP contribution in [0.5, 0.6) is 0 Å². The largest absolute Gasteiger partial charge is 0.461 e. The van der Waals surface area contributed by atoms with E-state index in [1.54, 1.807) is 0 Å². The number of nitro groups is 1. The van der Waals surface area contributed by atoms with E-state index in [1.807, 2.05) is 0 Å². The molecule has 0 radical (unpaired) electrons. The number of ether oxygens (including phenoxy) is 1. The Bertz CT molecular complexity index is 829. The summed E-state index contributed by atoms with van der Waals surface area (Å²) < 4.78 is 5.08. The molecule has 1 aliphatic rings. The molecule has 14 nitrogen and oxygen atoms in total. The molecule has 14 heteroatoms. The van der Waals surface area contributed by atoms with Gasteiger partial charge in [-0.25, -0.2) is 14.5 Å². The van der Waals surface area contributed by atoms with Crippen LogP contribution in [0.25, 0.3) is 0 Å². The van der Waals surface area contributed by atoms with Crippen molar-refractivity contribution >= 4 is 23.7 Å². The Balaban J connectivity index is 1.52. The number of nitrogens with zero attached hydrogens (tertiary/aromatic N) is 2. The summed E-state index contributed by atoms with van der Waals surface area (Å²) in [5.41, 5.74) is 0.354. The molecule has 0 bridgehead atoms. The summed E-state index contributed by atoms with van der Waals surface area (Å²) in [6.07, 6.45) is 0.784. The average Bonchev–Trinajstić information content (AvgIpc) is 3.31. The molecular weight excluding hydrogens is 444 g/mol. The molecule has 3 N–H and O–H groups in total. The fourth-order valence-electron chi connectivity index (χ4n) is 2.61. The van der Waals surface area contributed by atoms with Crippen molar-refractivity contribution in [3.8, 4) is 0 Å². The minimum absolute atomic E-state index is 0.0452. The summed E-state index contributed by atoms with van der Waals surface area (Å²) in [6, 6.07) is 3.74. The summed E-state index contributed by atoms with van der Waals surface area (Å²) in [7, 11) is 0. The minimum Gasteiger partial charge on any atom is -0.461 e. The third kappa shape index (κ3) is 9.78. The number of aliphatic hydroxyl groups is 1. The van der Waals surface area contributed by atoms with Crippen molar-refractivity contribution in [2.75, 3.05) is 26.3 Å². The van der Waals surface area contributed by atoms with Crippen LogP contribution in [0.15, 0.2) is 18.2 Å². The molecule has 1 aromatic rings. The van der Waals surface area contributed by atoms with Crippen LogP contribution >= 0.6 is 0 Å². The van der Waals surface area contributed by atoms with E-state index < -0.39 is 29.5 Å². The molecule has 1 aromatic carbocycles. The van der Waals surface area contributed by atoms with Gasteiger partial charge in [-0.15, -0.1) is 0 Å². The number of hydrogen-bond donors (Lipinski definition) is 3. The van der Waals surface area contributed by atoms with Gasteiger partial charge in [-0.2, -0.15) is 0 Å². The van der Waals surface area contributed by atoms with Crippen LogP contribution in [0.4, 0.5) is 10.5 Å². The number of urea groups is 1. The number of benzene rings is 1. The zero-order valence-corrected chi connectivity index (χ0v) is 17.8. The van der Waals surface area contributed by atoms with Gasteiger partial charge >= 0.3 is 18.0 Å². The van der Waals surface area contributed by atoms with Gasteiger partial charge in [0.1, 0.15) is 25.2 Å². The van der Waals surface area contributed by atoms with Crippen LogP contribution in [0, 0.1) is 10.1 Å². The van der Waals surface area contributed by atoms with Gasteiger partial charge in [-0.1, -0.05) is 6.07 Å². The number of nitro benzene ring substituents is 1. The van der Waals surface area contributed by atoms with E-state index in [-0.39, 0.29) is 43.8 Å². The molecule has 0 spiro atoms. The summed E-state index contributed by atoms with van der Waals surface area (Å²) in [4.78, 5) is 59.8. The highest BCUT2D eigenvalue weighted by Gasteiger charge is 2.19. The second-order valence-corrected chi connectivity index (χ2v) is 6.78. The molecular formula is C19H26N4O10. The van der Waals surface area contributed by atoms with Crippen molar-refractivity contribution < 1.29 is 43.7 Å². The highest BCUT2D eigenvalue weighted by Crippen LogP contribution is 2.21. The maximum atomic E-state index is 11.8. The van der Waals surface area contributed by atoms with Gasteiger partial charge in [-0.05, 0) is 24.5 Å². The molecule has 1 aliphatic heterocycles. The molecule has 1 fully saturated rings. The van der Waals surface area contributed by atoms with E-state index in [1.165, 1.54) is 18.2 Å². The predicted molar refractivity (Wildman–Crippen MR) is 109 cm³/mol. The fourth-order valence-corrected chi connectivity index (χ4v) is 2.61. The Labute approximate surface area is 188 Å². The fraction of sp³-hybridized carbons (Fsp3) is 0.526. The smallest absolute Gasteiger partial charge is 0.330 e. The van der Waals surface area contributed by atoms with Crippen molar-refractivity contribution in [1.82, 2.24) is 16.0 Å². The van der Waals surface area contributed by atoms with E-state index in [9.17, 15) is 24.5 Å². The van der Waals surface area contributed by atoms with Crippen LogP contribution in [0.1, 0.15) is 36.8 Å². The maximum Gasteiger partial charge on any atom is 0.330 e. The summed E-state index contributed by atoms with van der Waals surface area (Å²) in [5.74, 6) is -1.08. The van der Waals surface area contributed by atoms with Crippen LogP contribution < -0.4 is 10.6 Å². The van der Waals surface area contributed by atoms with Gasteiger partial charge in [0.2, 0.25) is 0 Å². The van der Waals surface area contributed by atoms with E-state index in [0.29, 0.717) is 37.0 Å². The van der Waals surface area contributed by atoms with E-state index in [4.69, 9.17) is 24.4 Å². The van der Waals surface area contributed by atoms with Gasteiger partial charge in [0.25, 0.3) is 5.69 Å². The number of carbonyl (C=O) groups excluding carboxylic acids is 3. The number of esters is 1. The van der Waals surface area contributed by atoms with E-state index >= 15 is 0 Å². The number of amides is 2. The van der Waals surface area contributed by atoms with Gasteiger partial charge in [0.15, 0.2) is 0 Å². The molecule has 0 aromatic heterocycles. The first-order valence-electron chi connectivity index (χ1n) is 10.2. The topological polar surface area (TPSA) is 179 Å². The molecule has 0 atom stereocenters. The van der Waals surface area contributed by atoms with Crippen molar-refractivity contribution in [2.45, 2.75) is 38.9 Å². The Morgan fingerprint density at radius 3 is 2.33 bits per heavy atom. The average molecular weight is 470 g/mol. The van der Waals surface area contributed by atoms with Crippen LogP contribution in [-0.2, 0) is 42.1 Å². The third-order valence-electron chi connectivity index (χ3n) is 4.26. The highest BCUT2D eigenvalue weighted by molar-refractivity contribution is 5.74. The number of aliphatic hydroxyl groups excluding tert-OH is 1. The first-order chi connectivity index (χ1) is 15.9. The second kappa shape index (κ2) is 13.9. The Kier molecular flexibility index (Phi) is 11.0. The van der Waals surface area contributed by atoms with Crippen molar-refractivity contribution in [2.24, 2.45) is 0 Å². The van der Waals surface area contributed by atoms with Crippen molar-refractivity contribution in [3.05, 3.63) is 39.4 Å². The second-order valence-electron chi connectivity index (χ2n) is 6.78. The standard InChI is InChI=1S/C19H26N4O10/c24-12-15-6-5-14(11-16(15)22(28)29)13-30-17(25)3-1-7-20-19(27)21-8-2-4-18(26)33-23-31-9-10-32-23/h5-6,11,24H,1-4,7-10,12-13H2,(H2,20,21,27). The quantitative estimate of drug-likeness (QED) is 0.159. The lowest BCUT2D eigenvalue weighted by atomic mass is 10.1. The van der Waals surface area contributed by atoms with Crippen LogP contribution in [0.3, 0.4) is 0 Å². The molecule has 2 amide bonds. The minimum atomic E-state index is -0.613. The zero-order chi connectivity index (χ0) is 24.1. The van der Waals surface area contributed by atoms with Gasteiger partial charge < -0.3 is 25.3 Å². The molecule has 1 heterocycles. The lowest BCUT2D eigenvalue weighted by Gasteiger charge is -2.10. The van der Waals surface area contributed by atoms with Gasteiger partial charge in [-0.3, -0.25) is 19.7 Å². The lowest BCUT2D eigenvalue weighted by Crippen LogP contribution is -2.36. The Morgan fingerprint density at radius 2 is 1.73 bits per heavy atom. The van der Waals surface area contributed by atoms with Crippen molar-refractivity contribution in [1.29, 1.82) is 0 Å². The molecule has 2 rings (SSSR count). The maximum absolute atomic E-state index is 11.8. The zero-order valence-electron chi connectivity index (χ0n) is 17.8. The SMILES string of the molecule is O=C(NCCCC(=O)OCc1ccc(CO)c([N+](=O)[O-])c1)NCCCC(=O)ON1OCCO1. The number of carbonyl (C=O) groups is 3. The highest BCUT2D eigenvalue weighted by atomic mass is 17.2. The number of hydrogen-bond acceptors (Lipinski definition) is 11. The molecule has 33 heavy (non-hydrogen) atoms. The number of nitrogens with one attached hydrogen (secondary N) is 2. The molecule has 182 valence electrons. The van der Waals surface area contributed by atoms with Gasteiger partial charge in [0.05, 0.1) is 17.1 Å². The first-order valence-corrected chi connectivity index (χ1v) is 10.2. The van der Waals surface area contributed by atoms with Gasteiger partial charge in [0, 0.05) is 32.0 Å². The van der Waals surface area contributed by atoms with Crippen LogP contribution in [0.2, 0.25) is 0 Å². The Morgan fingerprint density at radius 1 is 1.09 bits per heavy atom. The Hall–Kier alpha value is -3.33. The van der Waals surface area contributed by atoms with Crippen molar-refractivity contribution in [3.63, 3.8) is 0 Å². The molecule has 1 saturated heterocycles. The molecule has 0 unspecified atom stereocenters. The summed E-state index contributed by atoms with van der Waals surface area (Å²) in [5, 5.41) is 25.9. The molecule has 0 saturated carbocycles. The summed E-state index contributed by atoms with van der Waals surface area (Å²) >= 11 is 0. The van der Waals surface area contributed by atoms with E-state index in [0.717, 1.165) is 0 Å². The lowest BCUT2D eigenvalue weighted by molar-refractivity contribution is -0.460. The number of rotatable bonds is 13. The molecule has 0 aliphatic carbocycles. The van der Waals surface area contributed by atoms with Crippen LogP contribution in [-0.4, -0.2) is 59.7 Å². The predicted octanol–water partition coefficient (Wildman–Crippen LogP) is 0.627. The normalized spacial score (nSPS) is 13.4. The first kappa shape index (κ1) is 25.9. The van der Waals surface area contributed by atoms with E-state index in [2.05, 4.69) is 10.6 Å². The monoisotopic (exact) mass is 470 g/mol.